The van der Waals surface area contributed by atoms with Crippen molar-refractivity contribution in [2.24, 2.45) is 0 Å². The van der Waals surface area contributed by atoms with Crippen molar-refractivity contribution in [1.82, 2.24) is 14.9 Å². The molecule has 6 nitrogen and oxygen atoms in total. The van der Waals surface area contributed by atoms with E-state index in [0.717, 1.165) is 12.6 Å². The maximum absolute atomic E-state index is 13.7. The van der Waals surface area contributed by atoms with Crippen LogP contribution in [0.25, 0.3) is 0 Å². The lowest BCUT2D eigenvalue weighted by Gasteiger charge is -2.14. The smallest absolute Gasteiger partial charge is 0.354 e. The summed E-state index contributed by atoms with van der Waals surface area (Å²) < 4.78 is 53.1. The van der Waals surface area contributed by atoms with E-state index in [4.69, 9.17) is 5.26 Å². The van der Waals surface area contributed by atoms with Crippen LogP contribution in [0.1, 0.15) is 17.7 Å². The zero-order valence-corrected chi connectivity index (χ0v) is 14.7. The average molecular weight is 382 g/mol. The maximum atomic E-state index is 13.7. The molecule has 2 aromatic rings. The van der Waals surface area contributed by atoms with Gasteiger partial charge in [0.1, 0.15) is 23.3 Å². The van der Waals surface area contributed by atoms with Crippen molar-refractivity contribution in [3.05, 3.63) is 41.3 Å². The molecule has 0 aliphatic rings. The number of halogens is 4. The monoisotopic (exact) mass is 382 g/mol. The highest BCUT2D eigenvalue weighted by Crippen LogP contribution is 2.31. The van der Waals surface area contributed by atoms with Crippen LogP contribution in [-0.2, 0) is 6.18 Å². The molecule has 0 aliphatic carbocycles. The number of anilines is 3. The van der Waals surface area contributed by atoms with Crippen molar-refractivity contribution in [2.75, 3.05) is 37.8 Å². The van der Waals surface area contributed by atoms with Crippen LogP contribution < -0.4 is 10.6 Å². The van der Waals surface area contributed by atoms with E-state index in [1.807, 2.05) is 19.0 Å². The van der Waals surface area contributed by atoms with Gasteiger partial charge in [-0.25, -0.2) is 9.37 Å². The SMILES string of the molecule is CN(C)CCCNc1nc(Nc2cccc(F)c2C#N)cc(C(F)(F)F)n1. The van der Waals surface area contributed by atoms with E-state index in [1.54, 1.807) is 6.07 Å². The summed E-state index contributed by atoms with van der Waals surface area (Å²) in [5.41, 5.74) is -1.45. The molecule has 0 saturated carbocycles. The Kier molecular flexibility index (Phi) is 6.52. The van der Waals surface area contributed by atoms with E-state index in [1.165, 1.54) is 12.1 Å². The Balaban J connectivity index is 2.29. The third-order valence-corrected chi connectivity index (χ3v) is 3.47. The third kappa shape index (κ3) is 5.79. The number of nitrogens with zero attached hydrogens (tertiary/aromatic N) is 4. The van der Waals surface area contributed by atoms with Gasteiger partial charge in [0, 0.05) is 12.6 Å². The standard InChI is InChI=1S/C17H18F4N6/c1-27(2)8-4-7-23-16-25-14(17(19,20)21)9-15(26-16)24-13-6-3-5-12(18)11(13)10-22/h3,5-6,9H,4,7-8H2,1-2H3,(H2,23,24,25,26). The minimum absolute atomic E-state index is 0.0166. The Morgan fingerprint density at radius 1 is 1.22 bits per heavy atom. The molecule has 0 saturated heterocycles. The lowest BCUT2D eigenvalue weighted by Crippen LogP contribution is -2.18. The first-order valence-electron chi connectivity index (χ1n) is 8.01. The lowest BCUT2D eigenvalue weighted by atomic mass is 10.2. The van der Waals surface area contributed by atoms with Gasteiger partial charge in [-0.3, -0.25) is 0 Å². The van der Waals surface area contributed by atoms with Crippen LogP contribution in [0.2, 0.25) is 0 Å². The molecule has 1 aromatic heterocycles. The molecule has 0 bridgehead atoms. The summed E-state index contributed by atoms with van der Waals surface area (Å²) in [6, 6.07) is 6.18. The number of rotatable bonds is 7. The quantitative estimate of drug-likeness (QED) is 0.563. The number of nitriles is 1. The average Bonchev–Trinajstić information content (AvgIpc) is 2.58. The van der Waals surface area contributed by atoms with Gasteiger partial charge in [0.2, 0.25) is 5.95 Å². The maximum Gasteiger partial charge on any atom is 0.433 e. The van der Waals surface area contributed by atoms with Gasteiger partial charge >= 0.3 is 6.18 Å². The van der Waals surface area contributed by atoms with Crippen LogP contribution in [-0.4, -0.2) is 42.1 Å². The van der Waals surface area contributed by atoms with Gasteiger partial charge < -0.3 is 15.5 Å². The second-order valence-electron chi connectivity index (χ2n) is 5.94. The van der Waals surface area contributed by atoms with Crippen LogP contribution in [0, 0.1) is 17.1 Å². The predicted octanol–water partition coefficient (Wildman–Crippen LogP) is 3.61. The molecule has 27 heavy (non-hydrogen) atoms. The fourth-order valence-electron chi connectivity index (χ4n) is 2.21. The summed E-state index contributed by atoms with van der Waals surface area (Å²) in [7, 11) is 3.77. The van der Waals surface area contributed by atoms with Gasteiger partial charge in [-0.1, -0.05) is 6.07 Å². The largest absolute Gasteiger partial charge is 0.433 e. The molecular formula is C17H18F4N6. The van der Waals surface area contributed by atoms with Crippen LogP contribution >= 0.6 is 0 Å². The van der Waals surface area contributed by atoms with Gasteiger partial charge in [0.05, 0.1) is 5.69 Å². The van der Waals surface area contributed by atoms with Gasteiger partial charge in [-0.05, 0) is 39.2 Å². The topological polar surface area (TPSA) is 76.9 Å². The second kappa shape index (κ2) is 8.64. The van der Waals surface area contributed by atoms with Crippen LogP contribution in [0.3, 0.4) is 0 Å². The summed E-state index contributed by atoms with van der Waals surface area (Å²) >= 11 is 0. The predicted molar refractivity (Wildman–Crippen MR) is 93.1 cm³/mol. The Morgan fingerprint density at radius 2 is 1.96 bits per heavy atom. The first-order valence-corrected chi connectivity index (χ1v) is 8.01. The van der Waals surface area contributed by atoms with Crippen molar-refractivity contribution in [1.29, 1.82) is 5.26 Å². The number of benzene rings is 1. The fourth-order valence-corrected chi connectivity index (χ4v) is 2.21. The first kappa shape index (κ1) is 20.4. The minimum atomic E-state index is -4.68. The van der Waals surface area contributed by atoms with Crippen molar-refractivity contribution in [2.45, 2.75) is 12.6 Å². The van der Waals surface area contributed by atoms with E-state index in [2.05, 4.69) is 20.6 Å². The molecule has 0 unspecified atom stereocenters. The van der Waals surface area contributed by atoms with Crippen molar-refractivity contribution >= 4 is 17.5 Å². The van der Waals surface area contributed by atoms with Crippen LogP contribution in [0.4, 0.5) is 35.0 Å². The third-order valence-electron chi connectivity index (χ3n) is 3.47. The van der Waals surface area contributed by atoms with Gasteiger partial charge in [0.25, 0.3) is 0 Å². The van der Waals surface area contributed by atoms with Crippen molar-refractivity contribution in [3.63, 3.8) is 0 Å². The zero-order valence-electron chi connectivity index (χ0n) is 14.7. The molecule has 0 atom stereocenters. The molecule has 0 fully saturated rings. The van der Waals surface area contributed by atoms with E-state index >= 15 is 0 Å². The number of hydrogen-bond donors (Lipinski definition) is 2. The lowest BCUT2D eigenvalue weighted by molar-refractivity contribution is -0.141. The Labute approximate surface area is 153 Å². The second-order valence-corrected chi connectivity index (χ2v) is 5.94. The first-order chi connectivity index (χ1) is 12.7. The highest BCUT2D eigenvalue weighted by Gasteiger charge is 2.33. The minimum Gasteiger partial charge on any atom is -0.354 e. The van der Waals surface area contributed by atoms with Crippen molar-refractivity contribution < 1.29 is 17.6 Å². The number of aromatic nitrogens is 2. The molecule has 0 radical (unpaired) electrons. The van der Waals surface area contributed by atoms with Gasteiger partial charge in [-0.15, -0.1) is 0 Å². The highest BCUT2D eigenvalue weighted by molar-refractivity contribution is 5.65. The van der Waals surface area contributed by atoms with E-state index < -0.39 is 17.7 Å². The van der Waals surface area contributed by atoms with E-state index in [0.29, 0.717) is 19.0 Å². The molecule has 2 N–H and O–H groups in total. The van der Waals surface area contributed by atoms with Crippen molar-refractivity contribution in [3.8, 4) is 6.07 Å². The molecule has 0 amide bonds. The summed E-state index contributed by atoms with van der Waals surface area (Å²) in [4.78, 5) is 9.41. The molecular weight excluding hydrogens is 364 g/mol. The summed E-state index contributed by atoms with van der Waals surface area (Å²) in [6.45, 7) is 1.12. The number of alkyl halides is 3. The Hall–Kier alpha value is -2.93. The fraction of sp³-hybridized carbons (Fsp3) is 0.353. The summed E-state index contributed by atoms with van der Waals surface area (Å²) in [5.74, 6) is -1.19. The molecule has 1 aromatic carbocycles. The molecule has 2 rings (SSSR count). The zero-order chi connectivity index (χ0) is 20.0. The molecule has 10 heteroatoms. The normalized spacial score (nSPS) is 11.3. The van der Waals surface area contributed by atoms with E-state index in [-0.39, 0.29) is 23.0 Å². The van der Waals surface area contributed by atoms with Gasteiger partial charge in [0.15, 0.2) is 5.69 Å². The molecule has 1 heterocycles. The number of hydrogen-bond acceptors (Lipinski definition) is 6. The molecule has 144 valence electrons. The number of nitrogens with one attached hydrogen (secondary N) is 2. The van der Waals surface area contributed by atoms with Gasteiger partial charge in [-0.2, -0.15) is 23.4 Å². The molecule has 0 spiro atoms. The summed E-state index contributed by atoms with van der Waals surface area (Å²) in [5, 5.41) is 14.4. The summed E-state index contributed by atoms with van der Waals surface area (Å²) in [6.07, 6.45) is -4.00. The molecule has 0 aliphatic heterocycles. The Morgan fingerprint density at radius 3 is 2.59 bits per heavy atom. The van der Waals surface area contributed by atoms with E-state index in [9.17, 15) is 17.6 Å². The highest BCUT2D eigenvalue weighted by atomic mass is 19.4. The Bertz CT molecular complexity index is 829. The van der Waals surface area contributed by atoms with Crippen LogP contribution in [0.15, 0.2) is 24.3 Å². The van der Waals surface area contributed by atoms with Crippen LogP contribution in [0.5, 0.6) is 0 Å².